The number of halogens is 1. The molecule has 1 atom stereocenters. The molecule has 0 bridgehead atoms. The lowest BCUT2D eigenvalue weighted by molar-refractivity contribution is -0.125. The number of nitrogens with two attached hydrogens (primary N) is 1. The number of carbonyl (C=O) groups is 1. The van der Waals surface area contributed by atoms with Gasteiger partial charge in [0.2, 0.25) is 10.9 Å². The lowest BCUT2D eigenvalue weighted by atomic mass is 10.3. The smallest absolute Gasteiger partial charge is 0.264 e. The van der Waals surface area contributed by atoms with E-state index in [0.717, 1.165) is 4.31 Å². The van der Waals surface area contributed by atoms with Crippen LogP contribution in [-0.2, 0) is 26.6 Å². The minimum Gasteiger partial charge on any atom is -0.378 e. The van der Waals surface area contributed by atoms with E-state index in [4.69, 9.17) is 22.1 Å². The molecule has 1 unspecified atom stereocenters. The van der Waals surface area contributed by atoms with E-state index < -0.39 is 22.0 Å². The maximum atomic E-state index is 12.4. The third-order valence-electron chi connectivity index (χ3n) is 2.80. The first-order chi connectivity index (χ1) is 8.85. The largest absolute Gasteiger partial charge is 0.378 e. The summed E-state index contributed by atoms with van der Waals surface area (Å²) in [5.41, 5.74) is 5.19. The zero-order chi connectivity index (χ0) is 14.2. The highest BCUT2D eigenvalue weighted by Gasteiger charge is 2.39. The molecule has 10 heteroatoms. The van der Waals surface area contributed by atoms with Crippen LogP contribution < -0.4 is 5.73 Å². The number of hydrogen-bond donors (Lipinski definition) is 1. The molecule has 0 aliphatic carbocycles. The second kappa shape index (κ2) is 5.08. The molecule has 19 heavy (non-hydrogen) atoms. The summed E-state index contributed by atoms with van der Waals surface area (Å²) in [5.74, 6) is -0.768. The minimum absolute atomic E-state index is 0.0188. The Bertz CT molecular complexity index is 599. The standard InChI is InChI=1S/C9H13ClN4O4S/c1-13-5-12-9(7(13)10)19(16,17)14-2-3-18-4-6(14)8(11)15/h5-6H,2-4H2,1H3,(H2,11,15). The zero-order valence-electron chi connectivity index (χ0n) is 10.1. The van der Waals surface area contributed by atoms with Crippen molar-refractivity contribution < 1.29 is 17.9 Å². The van der Waals surface area contributed by atoms with Crippen molar-refractivity contribution in [1.82, 2.24) is 13.9 Å². The molecule has 0 spiro atoms. The summed E-state index contributed by atoms with van der Waals surface area (Å²) < 4.78 is 32.3. The monoisotopic (exact) mass is 308 g/mol. The maximum absolute atomic E-state index is 12.4. The van der Waals surface area contributed by atoms with E-state index in [2.05, 4.69) is 4.98 Å². The lowest BCUT2D eigenvalue weighted by Crippen LogP contribution is -2.54. The van der Waals surface area contributed by atoms with Crippen LogP contribution in [0.15, 0.2) is 11.4 Å². The van der Waals surface area contributed by atoms with E-state index in [1.165, 1.54) is 10.9 Å². The summed E-state index contributed by atoms with van der Waals surface area (Å²) in [6, 6.07) is -1.04. The number of amides is 1. The first-order valence-electron chi connectivity index (χ1n) is 5.41. The van der Waals surface area contributed by atoms with Crippen molar-refractivity contribution in [2.24, 2.45) is 12.8 Å². The van der Waals surface area contributed by atoms with E-state index in [1.54, 1.807) is 7.05 Å². The van der Waals surface area contributed by atoms with Crippen LogP contribution in [0.3, 0.4) is 0 Å². The van der Waals surface area contributed by atoms with Crippen LogP contribution in [0.25, 0.3) is 0 Å². The van der Waals surface area contributed by atoms with Gasteiger partial charge in [-0.25, -0.2) is 13.4 Å². The summed E-state index contributed by atoms with van der Waals surface area (Å²) in [4.78, 5) is 15.1. The Labute approximate surface area is 115 Å². The summed E-state index contributed by atoms with van der Waals surface area (Å²) in [6.07, 6.45) is 1.29. The number of rotatable bonds is 3. The second-order valence-corrected chi connectivity index (χ2v) is 6.22. The van der Waals surface area contributed by atoms with Crippen molar-refractivity contribution in [2.75, 3.05) is 19.8 Å². The van der Waals surface area contributed by atoms with Crippen LogP contribution in [0, 0.1) is 0 Å². The van der Waals surface area contributed by atoms with Gasteiger partial charge < -0.3 is 15.0 Å². The molecule has 106 valence electrons. The van der Waals surface area contributed by atoms with Gasteiger partial charge in [-0.3, -0.25) is 4.79 Å². The predicted molar refractivity (Wildman–Crippen MR) is 65.9 cm³/mol. The van der Waals surface area contributed by atoms with Crippen LogP contribution in [0.1, 0.15) is 0 Å². The molecule has 8 nitrogen and oxygen atoms in total. The van der Waals surface area contributed by atoms with Gasteiger partial charge in [0.05, 0.1) is 19.5 Å². The van der Waals surface area contributed by atoms with Gasteiger partial charge in [-0.2, -0.15) is 4.31 Å². The first-order valence-corrected chi connectivity index (χ1v) is 7.23. The van der Waals surface area contributed by atoms with Crippen molar-refractivity contribution in [2.45, 2.75) is 11.1 Å². The van der Waals surface area contributed by atoms with Crippen molar-refractivity contribution in [1.29, 1.82) is 0 Å². The number of imidazole rings is 1. The molecule has 1 fully saturated rings. The average molecular weight is 309 g/mol. The molecule has 0 aromatic carbocycles. The number of carbonyl (C=O) groups excluding carboxylic acids is 1. The Morgan fingerprint density at radius 2 is 2.32 bits per heavy atom. The summed E-state index contributed by atoms with van der Waals surface area (Å²) in [7, 11) is -2.41. The molecule has 2 rings (SSSR count). The fourth-order valence-corrected chi connectivity index (χ4v) is 3.74. The Morgan fingerprint density at radius 1 is 1.63 bits per heavy atom. The van der Waals surface area contributed by atoms with E-state index >= 15 is 0 Å². The van der Waals surface area contributed by atoms with Crippen molar-refractivity contribution in [3.63, 3.8) is 0 Å². The predicted octanol–water partition coefficient (Wildman–Crippen LogP) is -1.05. The van der Waals surface area contributed by atoms with Gasteiger partial charge in [-0.05, 0) is 0 Å². The molecular weight excluding hydrogens is 296 g/mol. The quantitative estimate of drug-likeness (QED) is 0.766. The SMILES string of the molecule is Cn1cnc(S(=O)(=O)N2CCOCC2C(N)=O)c1Cl. The number of sulfonamides is 1. The normalized spacial score (nSPS) is 21.5. The molecule has 1 saturated heterocycles. The molecule has 2 heterocycles. The van der Waals surface area contributed by atoms with Gasteiger partial charge in [-0.1, -0.05) is 11.6 Å². The van der Waals surface area contributed by atoms with Crippen LogP contribution in [0.4, 0.5) is 0 Å². The van der Waals surface area contributed by atoms with Gasteiger partial charge in [0.25, 0.3) is 10.0 Å². The Hall–Kier alpha value is -1.16. The number of primary amides is 1. The number of aryl methyl sites for hydroxylation is 1. The average Bonchev–Trinajstić information content (AvgIpc) is 2.70. The number of aromatic nitrogens is 2. The molecule has 0 radical (unpaired) electrons. The summed E-state index contributed by atoms with van der Waals surface area (Å²) in [6.45, 7) is 0.148. The first kappa shape index (κ1) is 14.3. The molecule has 1 aliphatic rings. The number of hydrogen-bond acceptors (Lipinski definition) is 5. The third-order valence-corrected chi connectivity index (χ3v) is 5.19. The topological polar surface area (TPSA) is 108 Å². The van der Waals surface area contributed by atoms with Gasteiger partial charge >= 0.3 is 0 Å². The van der Waals surface area contributed by atoms with Crippen LogP contribution in [-0.4, -0.2) is 54.0 Å². The molecule has 0 saturated carbocycles. The highest BCUT2D eigenvalue weighted by molar-refractivity contribution is 7.89. The number of ether oxygens (including phenoxy) is 1. The third kappa shape index (κ3) is 2.46. The zero-order valence-corrected chi connectivity index (χ0v) is 11.7. The fraction of sp³-hybridized carbons (Fsp3) is 0.556. The Kier molecular flexibility index (Phi) is 3.81. The molecule has 1 aromatic rings. The van der Waals surface area contributed by atoms with E-state index in [1.807, 2.05) is 0 Å². The van der Waals surface area contributed by atoms with Gasteiger partial charge in [0.1, 0.15) is 11.2 Å². The van der Waals surface area contributed by atoms with E-state index in [9.17, 15) is 13.2 Å². The van der Waals surface area contributed by atoms with Crippen molar-refractivity contribution >= 4 is 27.5 Å². The highest BCUT2D eigenvalue weighted by Crippen LogP contribution is 2.25. The highest BCUT2D eigenvalue weighted by atomic mass is 35.5. The van der Waals surface area contributed by atoms with Gasteiger partial charge in [-0.15, -0.1) is 0 Å². The van der Waals surface area contributed by atoms with Crippen LogP contribution in [0.5, 0.6) is 0 Å². The van der Waals surface area contributed by atoms with Crippen LogP contribution in [0.2, 0.25) is 5.15 Å². The van der Waals surface area contributed by atoms with Crippen LogP contribution >= 0.6 is 11.6 Å². The molecule has 1 aliphatic heterocycles. The van der Waals surface area contributed by atoms with Gasteiger partial charge in [0.15, 0.2) is 0 Å². The molecule has 1 aromatic heterocycles. The summed E-state index contributed by atoms with van der Waals surface area (Å²) in [5, 5.41) is -0.306. The lowest BCUT2D eigenvalue weighted by Gasteiger charge is -2.31. The van der Waals surface area contributed by atoms with E-state index in [0.29, 0.717) is 0 Å². The molecule has 1 amide bonds. The van der Waals surface area contributed by atoms with Crippen molar-refractivity contribution in [3.05, 3.63) is 11.5 Å². The molecular formula is C9H13ClN4O4S. The van der Waals surface area contributed by atoms with Crippen molar-refractivity contribution in [3.8, 4) is 0 Å². The molecule has 2 N–H and O–H groups in total. The maximum Gasteiger partial charge on any atom is 0.264 e. The van der Waals surface area contributed by atoms with Gasteiger partial charge in [0, 0.05) is 13.6 Å². The summed E-state index contributed by atoms with van der Waals surface area (Å²) >= 11 is 5.89. The number of nitrogens with zero attached hydrogens (tertiary/aromatic N) is 3. The number of morpholine rings is 1. The second-order valence-electron chi connectivity index (χ2n) is 4.06. The fourth-order valence-electron chi connectivity index (χ4n) is 1.78. The minimum atomic E-state index is -3.98. The Balaban J connectivity index is 2.43. The Morgan fingerprint density at radius 3 is 2.84 bits per heavy atom. The van der Waals surface area contributed by atoms with E-state index in [-0.39, 0.29) is 29.9 Å².